The molecule has 1 aromatic rings. The zero-order valence-electron chi connectivity index (χ0n) is 64.4. The number of nitrogens with one attached hydrogen (secondary N) is 5. The molecule has 1 aromatic heterocycles. The topological polar surface area (TPSA) is 340 Å². The van der Waals surface area contributed by atoms with Crippen LogP contribution in [-0.4, -0.2) is 280 Å². The number of unbranched alkanes of at least 4 members (excludes halogenated alkanes) is 3. The third kappa shape index (κ3) is 25.6. The van der Waals surface area contributed by atoms with Crippen LogP contribution in [0.3, 0.4) is 0 Å². The highest BCUT2D eigenvalue weighted by Crippen LogP contribution is 2.25. The minimum atomic E-state index is -1.70. The standard InChI is InChI=1S/C71H127N15O14/c1-23-52-68(95)79(17)50(15)67(94)84(22)59(51(16)100-36-28-27-32-85-34-37-99-38-35-85)65(92)77-56(45(8)9)71(98)80(18)53(39-42(2)3)62(89)74-48(13)61(88)75-49(14)66(93)81(19)54(40-43(4)5)69(96)82(20)55(41-44(6)7)70(97)83(21)58(46(10)11)64(91)78-57(63(90)76-52)60(87)47(12)29-25-24-26-33-86-72-30-31-73-86/h30-31,42-60,87H,23-29,32-41H2,1-22H3,(H,74,89)(H,75,88)(H,76,90)(H,77,92)(H,78,91)/t47-,48+,49-,50-,51-,52+,53+,54+,55+,56+,57+,58+,59+,60-/m1/s1. The molecule has 6 N–H and O–H groups in total. The number of carbonyl (C=O) groups is 11. The van der Waals surface area contributed by atoms with Crippen molar-refractivity contribution < 1.29 is 67.3 Å². The molecular weight excluding hydrogens is 1290 g/mol. The van der Waals surface area contributed by atoms with E-state index in [-0.39, 0.29) is 50.0 Å². The summed E-state index contributed by atoms with van der Waals surface area (Å²) in [7, 11) is 8.53. The molecule has 11 amide bonds. The lowest BCUT2D eigenvalue weighted by molar-refractivity contribution is -0.154. The zero-order valence-corrected chi connectivity index (χ0v) is 64.4. The summed E-state index contributed by atoms with van der Waals surface area (Å²) < 4.78 is 11.9. The second-order valence-electron chi connectivity index (χ2n) is 29.8. The number of morpholine rings is 1. The third-order valence-corrected chi connectivity index (χ3v) is 19.4. The average molecular weight is 1410 g/mol. The lowest BCUT2D eigenvalue weighted by Gasteiger charge is -2.40. The molecular formula is C71H127N15O14. The van der Waals surface area contributed by atoms with Gasteiger partial charge in [0.2, 0.25) is 65.0 Å². The number of aromatic nitrogens is 3. The number of hydrogen-bond acceptors (Lipinski definition) is 17. The summed E-state index contributed by atoms with van der Waals surface area (Å²) in [4.78, 5) is 175. The molecule has 2 fully saturated rings. The van der Waals surface area contributed by atoms with Crippen molar-refractivity contribution in [1.29, 1.82) is 0 Å². The molecule has 2 aliphatic heterocycles. The van der Waals surface area contributed by atoms with Crippen molar-refractivity contribution in [2.75, 3.05) is 81.7 Å². The normalized spacial score (nSPS) is 26.6. The Labute approximate surface area is 595 Å². The van der Waals surface area contributed by atoms with Gasteiger partial charge in [-0.2, -0.15) is 15.0 Å². The molecule has 29 nitrogen and oxygen atoms in total. The molecule has 0 radical (unpaired) electrons. The number of aryl methyl sites for hydroxylation is 1. The molecule has 14 atom stereocenters. The minimum Gasteiger partial charge on any atom is -0.390 e. The van der Waals surface area contributed by atoms with E-state index in [0.717, 1.165) is 37.4 Å². The summed E-state index contributed by atoms with van der Waals surface area (Å²) in [6, 6.07) is -14.3. The van der Waals surface area contributed by atoms with Crippen LogP contribution in [0, 0.1) is 35.5 Å². The van der Waals surface area contributed by atoms with E-state index in [9.17, 15) is 29.1 Å². The van der Waals surface area contributed by atoms with Crippen molar-refractivity contribution in [3.05, 3.63) is 12.4 Å². The Morgan fingerprint density at radius 2 is 0.980 bits per heavy atom. The maximum absolute atomic E-state index is 15.2. The fourth-order valence-electron chi connectivity index (χ4n) is 12.9. The molecule has 2 aliphatic rings. The van der Waals surface area contributed by atoms with Gasteiger partial charge >= 0.3 is 0 Å². The van der Waals surface area contributed by atoms with E-state index in [1.807, 2.05) is 41.5 Å². The van der Waals surface area contributed by atoms with Crippen molar-refractivity contribution in [3.63, 3.8) is 0 Å². The quantitative estimate of drug-likeness (QED) is 0.0811. The van der Waals surface area contributed by atoms with Gasteiger partial charge in [-0.1, -0.05) is 95.9 Å². The molecule has 0 aromatic carbocycles. The summed E-state index contributed by atoms with van der Waals surface area (Å²) in [6.07, 6.45) is 4.86. The highest BCUT2D eigenvalue weighted by molar-refractivity contribution is 6.00. The highest BCUT2D eigenvalue weighted by Gasteiger charge is 2.45. The Hall–Kier alpha value is -6.85. The Bertz CT molecular complexity index is 2800. The summed E-state index contributed by atoms with van der Waals surface area (Å²) in [6.45, 7) is 31.9. The number of hydrogen-bond donors (Lipinski definition) is 6. The van der Waals surface area contributed by atoms with E-state index >= 15 is 28.8 Å². The van der Waals surface area contributed by atoms with Crippen LogP contribution >= 0.6 is 0 Å². The van der Waals surface area contributed by atoms with E-state index in [1.165, 1.54) is 87.6 Å². The fourth-order valence-corrected chi connectivity index (χ4v) is 12.9. The molecule has 0 aliphatic carbocycles. The average Bonchev–Trinajstić information content (AvgIpc) is 0.958. The van der Waals surface area contributed by atoms with Crippen molar-refractivity contribution in [3.8, 4) is 0 Å². The maximum atomic E-state index is 15.2. The fraction of sp³-hybridized carbons (Fsp3) is 0.817. The van der Waals surface area contributed by atoms with Crippen LogP contribution < -0.4 is 26.6 Å². The largest absolute Gasteiger partial charge is 0.390 e. The number of likely N-dealkylation sites (N-methyl/N-ethyl adjacent to an activating group) is 6. The second-order valence-corrected chi connectivity index (χ2v) is 29.8. The summed E-state index contributed by atoms with van der Waals surface area (Å²) >= 11 is 0. The van der Waals surface area contributed by atoms with Crippen LogP contribution in [0.1, 0.15) is 175 Å². The molecule has 570 valence electrons. The number of amides is 11. The first kappa shape index (κ1) is 87.4. The van der Waals surface area contributed by atoms with Crippen molar-refractivity contribution in [1.82, 2.24) is 75.9 Å². The smallest absolute Gasteiger partial charge is 0.246 e. The van der Waals surface area contributed by atoms with Gasteiger partial charge in [0.05, 0.1) is 44.4 Å². The number of nitrogens with zero attached hydrogens (tertiary/aromatic N) is 10. The molecule has 100 heavy (non-hydrogen) atoms. The van der Waals surface area contributed by atoms with E-state index in [4.69, 9.17) is 9.47 Å². The Morgan fingerprint density at radius 3 is 1.52 bits per heavy atom. The van der Waals surface area contributed by atoms with E-state index < -0.39 is 161 Å². The SMILES string of the molecule is CC[C@@H]1NC(=O)[C@H]([C@H](O)[C@H](C)CCCCCn2nccn2)NC(=O)[C@H](C(C)C)N(C)C(=O)[C@H](CC(C)C)N(C)C(=O)[C@H](CC(C)C)N(C)C(=O)[C@@H](C)NC(=O)[C@H](C)NC(=O)[C@H](CC(C)C)N(C)C(=O)[C@H](C(C)C)NC(=O)[C@H]([C@@H](C)OCCCCN2CCOCC2)N(C)C(=O)[C@@H](C)N(C)C1=O. The predicted octanol–water partition coefficient (Wildman–Crippen LogP) is 2.67. The first-order chi connectivity index (χ1) is 46.8. The Kier molecular flexibility index (Phi) is 36.6. The Balaban J connectivity index is 2.28. The van der Waals surface area contributed by atoms with Gasteiger partial charge in [-0.15, -0.1) is 0 Å². The number of carbonyl (C=O) groups excluding carboxylic acids is 11. The lowest BCUT2D eigenvalue weighted by atomic mass is 9.91. The van der Waals surface area contributed by atoms with Crippen LogP contribution in [-0.2, 0) is 68.8 Å². The number of rotatable bonds is 24. The van der Waals surface area contributed by atoms with E-state index in [2.05, 4.69) is 41.7 Å². The van der Waals surface area contributed by atoms with Gasteiger partial charge in [-0.3, -0.25) is 57.6 Å². The van der Waals surface area contributed by atoms with Crippen molar-refractivity contribution in [2.45, 2.75) is 260 Å². The second kappa shape index (κ2) is 41.9. The van der Waals surface area contributed by atoms with Crippen LogP contribution in [0.4, 0.5) is 0 Å². The van der Waals surface area contributed by atoms with Gasteiger partial charge in [-0.25, -0.2) is 0 Å². The maximum Gasteiger partial charge on any atom is 0.246 e. The molecule has 29 heteroatoms. The van der Waals surface area contributed by atoms with Gasteiger partial charge < -0.3 is 70.6 Å². The number of aliphatic hydroxyl groups is 1. The Morgan fingerprint density at radius 1 is 0.490 bits per heavy atom. The molecule has 0 saturated carbocycles. The number of aliphatic hydroxyl groups excluding tert-OH is 1. The van der Waals surface area contributed by atoms with Gasteiger partial charge in [0.15, 0.2) is 0 Å². The van der Waals surface area contributed by atoms with Gasteiger partial charge in [0, 0.05) is 62.0 Å². The van der Waals surface area contributed by atoms with Crippen LogP contribution in [0.15, 0.2) is 12.4 Å². The third-order valence-electron chi connectivity index (χ3n) is 19.4. The molecule has 0 unspecified atom stereocenters. The highest BCUT2D eigenvalue weighted by atomic mass is 16.5. The van der Waals surface area contributed by atoms with Crippen LogP contribution in [0.5, 0.6) is 0 Å². The molecule has 3 rings (SSSR count). The zero-order chi connectivity index (χ0) is 75.7. The predicted molar refractivity (Wildman–Crippen MR) is 380 cm³/mol. The first-order valence-corrected chi connectivity index (χ1v) is 36.4. The molecule has 2 saturated heterocycles. The van der Waals surface area contributed by atoms with Crippen molar-refractivity contribution in [2.24, 2.45) is 35.5 Å². The van der Waals surface area contributed by atoms with Gasteiger partial charge in [-0.05, 0) is 121 Å². The van der Waals surface area contributed by atoms with Gasteiger partial charge in [0.1, 0.15) is 66.5 Å². The van der Waals surface area contributed by atoms with Crippen LogP contribution in [0.25, 0.3) is 0 Å². The number of ether oxygens (including phenoxy) is 2. The van der Waals surface area contributed by atoms with E-state index in [1.54, 1.807) is 65.7 Å². The summed E-state index contributed by atoms with van der Waals surface area (Å²) in [5.74, 6) is -10.2. The summed E-state index contributed by atoms with van der Waals surface area (Å²) in [5.41, 5.74) is 0. The lowest BCUT2D eigenvalue weighted by Crippen LogP contribution is -2.64. The minimum absolute atomic E-state index is 0.0202. The molecule has 0 spiro atoms. The molecule has 0 bridgehead atoms. The van der Waals surface area contributed by atoms with Crippen molar-refractivity contribution >= 4 is 65.0 Å². The van der Waals surface area contributed by atoms with Crippen LogP contribution in [0.2, 0.25) is 0 Å². The summed E-state index contributed by atoms with van der Waals surface area (Å²) in [5, 5.41) is 34.5. The first-order valence-electron chi connectivity index (χ1n) is 36.4. The van der Waals surface area contributed by atoms with Gasteiger partial charge in [0.25, 0.3) is 0 Å². The molecule has 3 heterocycles. The van der Waals surface area contributed by atoms with E-state index in [0.29, 0.717) is 45.4 Å². The monoisotopic (exact) mass is 1410 g/mol.